The van der Waals surface area contributed by atoms with Crippen molar-refractivity contribution in [1.29, 1.82) is 0 Å². The molecule has 196 valence electrons. The van der Waals surface area contributed by atoms with Crippen molar-refractivity contribution in [1.82, 2.24) is 39.5 Å². The molecule has 0 aliphatic carbocycles. The molecule has 11 nitrogen and oxygen atoms in total. The van der Waals surface area contributed by atoms with E-state index < -0.39 is 11.9 Å². The number of amides is 1. The fraction of sp³-hybridized carbons (Fsp3) is 0.103. The number of fused-ring (bicyclic) bond motifs is 2. The van der Waals surface area contributed by atoms with Crippen LogP contribution in [0.2, 0.25) is 0 Å². The second-order valence-corrected chi connectivity index (χ2v) is 9.20. The summed E-state index contributed by atoms with van der Waals surface area (Å²) in [5, 5.41) is 20.2. The predicted molar refractivity (Wildman–Crippen MR) is 150 cm³/mol. The lowest BCUT2D eigenvalue weighted by atomic mass is 10.0. The zero-order chi connectivity index (χ0) is 27.8. The Kier molecular flexibility index (Phi) is 6.05. The van der Waals surface area contributed by atoms with Gasteiger partial charge in [0.1, 0.15) is 23.1 Å². The van der Waals surface area contributed by atoms with E-state index in [1.807, 2.05) is 80.8 Å². The summed E-state index contributed by atoms with van der Waals surface area (Å²) in [6.45, 7) is 1.81. The van der Waals surface area contributed by atoms with Crippen molar-refractivity contribution in [2.24, 2.45) is 7.05 Å². The van der Waals surface area contributed by atoms with E-state index in [1.54, 1.807) is 9.25 Å². The Morgan fingerprint density at radius 1 is 1.02 bits per heavy atom. The minimum atomic E-state index is -0.586. The van der Waals surface area contributed by atoms with E-state index in [0.29, 0.717) is 38.9 Å². The summed E-state index contributed by atoms with van der Waals surface area (Å²) in [4.78, 5) is 27.5. The molecule has 40 heavy (non-hydrogen) atoms. The Bertz CT molecular complexity index is 2030. The third-order valence-electron chi connectivity index (χ3n) is 6.53. The maximum atomic E-state index is 14.1. The Morgan fingerprint density at radius 3 is 2.62 bits per heavy atom. The molecule has 1 atom stereocenters. The summed E-state index contributed by atoms with van der Waals surface area (Å²) in [6.07, 6.45) is 4.61. The second kappa shape index (κ2) is 9.85. The number of carbonyl (C=O) groups is 1. The Morgan fingerprint density at radius 2 is 1.85 bits per heavy atom. The lowest BCUT2D eigenvalue weighted by Crippen LogP contribution is -2.32. The molecule has 0 radical (unpaired) electrons. The number of nitrogen functional groups attached to an aromatic ring is 1. The first-order valence-corrected chi connectivity index (χ1v) is 12.4. The van der Waals surface area contributed by atoms with Gasteiger partial charge in [0.2, 0.25) is 0 Å². The van der Waals surface area contributed by atoms with Gasteiger partial charge in [-0.05, 0) is 48.6 Å². The Labute approximate surface area is 227 Å². The summed E-state index contributed by atoms with van der Waals surface area (Å²) < 4.78 is 4.67. The number of nitrogens with two attached hydrogens (primary N) is 1. The lowest BCUT2D eigenvalue weighted by Gasteiger charge is -2.21. The first-order valence-electron chi connectivity index (χ1n) is 12.4. The van der Waals surface area contributed by atoms with Crippen molar-refractivity contribution in [2.45, 2.75) is 13.0 Å². The van der Waals surface area contributed by atoms with E-state index in [9.17, 15) is 9.59 Å². The van der Waals surface area contributed by atoms with Crippen LogP contribution in [0.25, 0.3) is 22.0 Å². The highest BCUT2D eigenvalue weighted by atomic mass is 16.2. The van der Waals surface area contributed by atoms with Gasteiger partial charge in [0.15, 0.2) is 5.82 Å². The molecule has 0 aliphatic rings. The number of aromatic nitrogens is 7. The van der Waals surface area contributed by atoms with Crippen LogP contribution >= 0.6 is 0 Å². The molecule has 3 N–H and O–H groups in total. The molecule has 6 aromatic rings. The molecule has 4 aromatic heterocycles. The molecule has 0 fully saturated rings. The fourth-order valence-corrected chi connectivity index (χ4v) is 4.68. The predicted octanol–water partition coefficient (Wildman–Crippen LogP) is 2.63. The van der Waals surface area contributed by atoms with E-state index in [2.05, 4.69) is 37.6 Å². The van der Waals surface area contributed by atoms with Crippen molar-refractivity contribution in [3.8, 4) is 17.5 Å². The number of carbonyl (C=O) groups excluding carboxylic acids is 1. The van der Waals surface area contributed by atoms with Crippen LogP contribution in [0.5, 0.6) is 0 Å². The van der Waals surface area contributed by atoms with Crippen LogP contribution < -0.4 is 16.6 Å². The molecule has 0 unspecified atom stereocenters. The van der Waals surface area contributed by atoms with Crippen LogP contribution in [0.15, 0.2) is 84.2 Å². The molecular weight excluding hydrogens is 506 g/mol. The van der Waals surface area contributed by atoms with Crippen molar-refractivity contribution in [3.05, 3.63) is 112 Å². The number of hydrogen-bond donors (Lipinski definition) is 2. The fourth-order valence-electron chi connectivity index (χ4n) is 4.68. The van der Waals surface area contributed by atoms with Gasteiger partial charge in [0, 0.05) is 30.2 Å². The zero-order valence-electron chi connectivity index (χ0n) is 21.6. The standard InChI is InChI=1S/C29H23N9O2/c1-18(33-28(39)26-24-16-31-32-17-37(24)35-27(26)30)23-15-20-8-6-7-19(11-12-21-13-14-36(2)34-21)25(20)29(40)38(23)22-9-4-3-5-10-22/h3-10,13-18H,1-2H3,(H2,30,35)(H,33,39)/t18-/m0/s1. The van der Waals surface area contributed by atoms with Gasteiger partial charge in [0.05, 0.1) is 17.6 Å². The van der Waals surface area contributed by atoms with Gasteiger partial charge < -0.3 is 11.1 Å². The van der Waals surface area contributed by atoms with Crippen LogP contribution in [-0.2, 0) is 7.05 Å². The smallest absolute Gasteiger partial charge is 0.264 e. The normalized spacial score (nSPS) is 11.8. The Balaban J connectivity index is 1.48. The maximum Gasteiger partial charge on any atom is 0.264 e. The van der Waals surface area contributed by atoms with E-state index >= 15 is 0 Å². The number of benzene rings is 2. The summed E-state index contributed by atoms with van der Waals surface area (Å²) in [6, 6.07) is 17.9. The van der Waals surface area contributed by atoms with Gasteiger partial charge in [-0.15, -0.1) is 10.2 Å². The summed E-state index contributed by atoms with van der Waals surface area (Å²) in [7, 11) is 1.82. The van der Waals surface area contributed by atoms with Gasteiger partial charge in [-0.3, -0.25) is 18.8 Å². The monoisotopic (exact) mass is 529 g/mol. The number of hydrogen-bond acceptors (Lipinski definition) is 7. The quantitative estimate of drug-likeness (QED) is 0.335. The molecule has 11 heteroatoms. The number of pyridine rings is 1. The largest absolute Gasteiger partial charge is 0.382 e. The van der Waals surface area contributed by atoms with Gasteiger partial charge >= 0.3 is 0 Å². The molecule has 0 saturated carbocycles. The third kappa shape index (κ3) is 4.33. The SMILES string of the molecule is C[C@H](NC(=O)c1c(N)nn2cnncc12)c1cc2cccc(C#Cc3ccn(C)n3)c2c(=O)n1-c1ccccc1. The summed E-state index contributed by atoms with van der Waals surface area (Å²) in [5.74, 6) is 5.76. The van der Waals surface area contributed by atoms with E-state index in [4.69, 9.17) is 5.73 Å². The summed E-state index contributed by atoms with van der Waals surface area (Å²) in [5.41, 5.74) is 8.84. The first-order chi connectivity index (χ1) is 19.4. The number of rotatable bonds is 4. The topological polar surface area (TPSA) is 138 Å². The van der Waals surface area contributed by atoms with Crippen LogP contribution in [-0.4, -0.2) is 40.1 Å². The average Bonchev–Trinajstić information content (AvgIpc) is 3.53. The minimum Gasteiger partial charge on any atom is -0.382 e. The van der Waals surface area contributed by atoms with Crippen molar-refractivity contribution < 1.29 is 4.79 Å². The van der Waals surface area contributed by atoms with Crippen LogP contribution in [0.1, 0.15) is 40.3 Å². The second-order valence-electron chi connectivity index (χ2n) is 9.20. The van der Waals surface area contributed by atoms with E-state index in [1.165, 1.54) is 17.0 Å². The average molecular weight is 530 g/mol. The highest BCUT2D eigenvalue weighted by Gasteiger charge is 2.23. The van der Waals surface area contributed by atoms with E-state index in [-0.39, 0.29) is 16.9 Å². The Hall–Kier alpha value is -5.76. The van der Waals surface area contributed by atoms with Crippen LogP contribution in [0.3, 0.4) is 0 Å². The van der Waals surface area contributed by atoms with Gasteiger partial charge in [-0.2, -0.15) is 10.2 Å². The number of anilines is 1. The van der Waals surface area contributed by atoms with Crippen LogP contribution in [0, 0.1) is 11.8 Å². The van der Waals surface area contributed by atoms with Crippen molar-refractivity contribution >= 4 is 28.0 Å². The van der Waals surface area contributed by atoms with Crippen LogP contribution in [0.4, 0.5) is 5.82 Å². The van der Waals surface area contributed by atoms with Gasteiger partial charge in [-0.1, -0.05) is 36.3 Å². The highest BCUT2D eigenvalue weighted by molar-refractivity contribution is 6.05. The summed E-state index contributed by atoms with van der Waals surface area (Å²) >= 11 is 0. The van der Waals surface area contributed by atoms with Crippen molar-refractivity contribution in [3.63, 3.8) is 0 Å². The molecule has 1 amide bonds. The highest BCUT2D eigenvalue weighted by Crippen LogP contribution is 2.24. The first kappa shape index (κ1) is 24.6. The molecule has 0 spiro atoms. The lowest BCUT2D eigenvalue weighted by molar-refractivity contribution is 0.0941. The third-order valence-corrected chi connectivity index (χ3v) is 6.53. The molecular formula is C29H23N9O2. The molecule has 4 heterocycles. The zero-order valence-corrected chi connectivity index (χ0v) is 21.6. The molecule has 6 rings (SSSR count). The van der Waals surface area contributed by atoms with Gasteiger partial charge in [-0.25, -0.2) is 4.52 Å². The number of nitrogens with one attached hydrogen (secondary N) is 1. The number of nitrogens with zero attached hydrogens (tertiary/aromatic N) is 7. The molecule has 0 saturated heterocycles. The number of para-hydroxylation sites is 1. The minimum absolute atomic E-state index is 0.0505. The molecule has 0 bridgehead atoms. The number of aryl methyl sites for hydroxylation is 1. The van der Waals surface area contributed by atoms with Crippen molar-refractivity contribution in [2.75, 3.05) is 5.73 Å². The molecule has 0 aliphatic heterocycles. The molecule has 2 aromatic carbocycles. The van der Waals surface area contributed by atoms with E-state index in [0.717, 1.165) is 0 Å². The maximum absolute atomic E-state index is 14.1. The van der Waals surface area contributed by atoms with Gasteiger partial charge in [0.25, 0.3) is 11.5 Å².